The first kappa shape index (κ1) is 11.1. The average molecular weight is 230 g/mol. The second-order valence-electron chi connectivity index (χ2n) is 4.52. The summed E-state index contributed by atoms with van der Waals surface area (Å²) >= 11 is 0. The molecule has 1 aromatic carbocycles. The third-order valence-electron chi connectivity index (χ3n) is 3.14. The van der Waals surface area contributed by atoms with Gasteiger partial charge in [-0.2, -0.15) is 0 Å². The topological polar surface area (TPSA) is 0 Å². The zero-order valence-corrected chi connectivity index (χ0v) is 11.4. The molecule has 1 aliphatic heterocycles. The van der Waals surface area contributed by atoms with Gasteiger partial charge in [-0.1, -0.05) is 55.8 Å². The highest BCUT2D eigenvalue weighted by Gasteiger charge is 2.27. The molecule has 0 aliphatic carbocycles. The van der Waals surface area contributed by atoms with Gasteiger partial charge in [0.25, 0.3) is 0 Å². The molecular weight excluding hydrogens is 212 g/mol. The highest BCUT2D eigenvalue weighted by Crippen LogP contribution is 2.35. The smallest absolute Gasteiger partial charge is 0.0410 e. The molecule has 2 rings (SSSR count). The fraction of sp³-hybridized carbons (Fsp3) is 0.538. The number of aryl methyl sites for hydroxylation is 1. The maximum absolute atomic E-state index is 2.51. The molecule has 2 heteroatoms. The van der Waals surface area contributed by atoms with Gasteiger partial charge in [0.05, 0.1) is 0 Å². The van der Waals surface area contributed by atoms with Gasteiger partial charge in [-0.3, -0.25) is 0 Å². The van der Waals surface area contributed by atoms with E-state index >= 15 is 0 Å². The Hall–Kier alpha value is -0.346. The predicted octanol–water partition coefficient (Wildman–Crippen LogP) is 3.40. The molecule has 0 unspecified atom stereocenters. The summed E-state index contributed by atoms with van der Waals surface area (Å²) in [6.45, 7) is 2.51. The number of rotatable bonds is 3. The molecular formula is C13H18Si2. The lowest BCUT2D eigenvalue weighted by atomic mass is 10.1. The Balaban J connectivity index is 1.87. The van der Waals surface area contributed by atoms with E-state index in [9.17, 15) is 0 Å². The Kier molecular flexibility index (Phi) is 3.81. The molecule has 0 saturated carbocycles. The van der Waals surface area contributed by atoms with Crippen LogP contribution in [0.1, 0.15) is 25.3 Å². The van der Waals surface area contributed by atoms with Crippen LogP contribution in [-0.2, 0) is 6.42 Å². The van der Waals surface area contributed by atoms with E-state index in [0.717, 1.165) is 0 Å². The van der Waals surface area contributed by atoms with E-state index in [1.807, 2.05) is 0 Å². The summed E-state index contributed by atoms with van der Waals surface area (Å²) in [6.07, 6.45) is 4.16. The van der Waals surface area contributed by atoms with Gasteiger partial charge >= 0.3 is 0 Å². The first-order chi connectivity index (χ1) is 7.29. The minimum absolute atomic E-state index is 0.689. The molecule has 0 spiro atoms. The van der Waals surface area contributed by atoms with Crippen LogP contribution in [0.3, 0.4) is 0 Å². The third kappa shape index (κ3) is 3.31. The normalized spacial score (nSPS) is 20.1. The highest BCUT2D eigenvalue weighted by molar-refractivity contribution is 6.63. The summed E-state index contributed by atoms with van der Waals surface area (Å²) in [5, 5.41) is 0. The fourth-order valence-corrected chi connectivity index (χ4v) is 6.11. The molecule has 0 nitrogen and oxygen atoms in total. The van der Waals surface area contributed by atoms with Gasteiger partial charge in [-0.05, 0) is 23.1 Å². The second kappa shape index (κ2) is 5.12. The van der Waals surface area contributed by atoms with Crippen LogP contribution in [0.5, 0.6) is 0 Å². The number of benzene rings is 1. The van der Waals surface area contributed by atoms with E-state index in [1.165, 1.54) is 56.0 Å². The molecule has 1 aliphatic rings. The van der Waals surface area contributed by atoms with Crippen molar-refractivity contribution >= 4 is 19.0 Å². The molecule has 4 radical (unpaired) electrons. The molecule has 1 saturated heterocycles. The minimum atomic E-state index is 0.689. The molecule has 0 N–H and O–H groups in total. The summed E-state index contributed by atoms with van der Waals surface area (Å²) < 4.78 is 0.689. The maximum Gasteiger partial charge on any atom is 0.0410 e. The predicted molar refractivity (Wildman–Crippen MR) is 68.9 cm³/mol. The largest absolute Gasteiger partial charge is 0.0652 e. The Morgan fingerprint density at radius 3 is 2.47 bits per heavy atom. The lowest BCUT2D eigenvalue weighted by Crippen LogP contribution is -2.28. The molecule has 1 fully saturated rings. The van der Waals surface area contributed by atoms with Crippen LogP contribution in [0.4, 0.5) is 0 Å². The van der Waals surface area contributed by atoms with Crippen molar-refractivity contribution in [2.45, 2.75) is 42.9 Å². The van der Waals surface area contributed by atoms with E-state index in [-0.39, 0.29) is 0 Å². The van der Waals surface area contributed by atoms with E-state index in [0.29, 0.717) is 4.66 Å². The van der Waals surface area contributed by atoms with Crippen molar-refractivity contribution in [1.82, 2.24) is 0 Å². The summed E-state index contributed by atoms with van der Waals surface area (Å²) in [7, 11) is 2.42. The quantitative estimate of drug-likeness (QED) is 0.698. The molecule has 1 aromatic rings. The Morgan fingerprint density at radius 1 is 1.13 bits per heavy atom. The van der Waals surface area contributed by atoms with Crippen LogP contribution < -0.4 is 0 Å². The van der Waals surface area contributed by atoms with E-state index < -0.39 is 0 Å². The van der Waals surface area contributed by atoms with Crippen LogP contribution in [0.2, 0.25) is 16.7 Å². The molecule has 0 atom stereocenters. The number of hydrogen-bond donors (Lipinski definition) is 0. The van der Waals surface area contributed by atoms with Crippen LogP contribution in [0, 0.1) is 0 Å². The average Bonchev–Trinajstić information content (AvgIpc) is 2.29. The standard InChI is InChI=1S/C13H18Si2/c1-13(14-10-5-11-15-13)9-8-12-6-3-2-4-7-12/h2-4,6-7H,5,8-11H2,1H3. The van der Waals surface area contributed by atoms with Gasteiger partial charge in [-0.25, -0.2) is 0 Å². The van der Waals surface area contributed by atoms with Gasteiger partial charge in [-0.15, -0.1) is 0 Å². The van der Waals surface area contributed by atoms with Gasteiger partial charge in [0, 0.05) is 19.0 Å². The summed E-state index contributed by atoms with van der Waals surface area (Å²) in [6, 6.07) is 13.9. The summed E-state index contributed by atoms with van der Waals surface area (Å²) in [4.78, 5) is 0. The summed E-state index contributed by atoms with van der Waals surface area (Å²) in [5.74, 6) is 0. The number of hydrogen-bond acceptors (Lipinski definition) is 0. The lowest BCUT2D eigenvalue weighted by Gasteiger charge is -2.32. The molecule has 15 heavy (non-hydrogen) atoms. The first-order valence-corrected chi connectivity index (χ1v) is 8.24. The van der Waals surface area contributed by atoms with Crippen molar-refractivity contribution in [3.05, 3.63) is 35.9 Å². The lowest BCUT2D eigenvalue weighted by molar-refractivity contribution is 0.696. The monoisotopic (exact) mass is 230 g/mol. The van der Waals surface area contributed by atoms with Crippen molar-refractivity contribution in [2.24, 2.45) is 0 Å². The third-order valence-corrected chi connectivity index (χ3v) is 7.47. The van der Waals surface area contributed by atoms with E-state index in [4.69, 9.17) is 0 Å². The zero-order chi connectivity index (χ0) is 10.6. The van der Waals surface area contributed by atoms with E-state index in [1.54, 1.807) is 0 Å². The molecule has 0 aromatic heterocycles. The fourth-order valence-electron chi connectivity index (χ4n) is 2.10. The van der Waals surface area contributed by atoms with Crippen LogP contribution >= 0.6 is 0 Å². The molecule has 78 valence electrons. The Labute approximate surface area is 98.1 Å². The van der Waals surface area contributed by atoms with Crippen molar-refractivity contribution in [3.8, 4) is 0 Å². The van der Waals surface area contributed by atoms with Gasteiger partial charge < -0.3 is 0 Å². The molecule has 0 amide bonds. The zero-order valence-electron chi connectivity index (χ0n) is 9.42. The summed E-state index contributed by atoms with van der Waals surface area (Å²) in [5.41, 5.74) is 1.51. The maximum atomic E-state index is 2.51. The van der Waals surface area contributed by atoms with Crippen molar-refractivity contribution in [1.29, 1.82) is 0 Å². The van der Waals surface area contributed by atoms with Crippen LogP contribution in [0.15, 0.2) is 30.3 Å². The van der Waals surface area contributed by atoms with Gasteiger partial charge in [0.2, 0.25) is 0 Å². The van der Waals surface area contributed by atoms with Gasteiger partial charge in [0.1, 0.15) is 0 Å². The molecule has 1 heterocycles. The van der Waals surface area contributed by atoms with Crippen molar-refractivity contribution in [3.63, 3.8) is 0 Å². The SMILES string of the molecule is CC1(CCc2ccccc2)[Si]CCC[Si]1. The van der Waals surface area contributed by atoms with Crippen molar-refractivity contribution in [2.75, 3.05) is 0 Å². The minimum Gasteiger partial charge on any atom is -0.0652 e. The van der Waals surface area contributed by atoms with Crippen LogP contribution in [0.25, 0.3) is 0 Å². The molecule has 0 bridgehead atoms. The Bertz CT molecular complexity index is 289. The second-order valence-corrected chi connectivity index (χ2v) is 8.94. The van der Waals surface area contributed by atoms with Gasteiger partial charge in [0.15, 0.2) is 0 Å². The highest BCUT2D eigenvalue weighted by atomic mass is 28.3. The van der Waals surface area contributed by atoms with Crippen molar-refractivity contribution < 1.29 is 0 Å². The van der Waals surface area contributed by atoms with Crippen LogP contribution in [-0.4, -0.2) is 19.0 Å². The first-order valence-electron chi connectivity index (χ1n) is 5.82. The van der Waals surface area contributed by atoms with E-state index in [2.05, 4.69) is 37.3 Å². The Morgan fingerprint density at radius 2 is 1.80 bits per heavy atom.